The Hall–Kier alpha value is -3.02. The molecule has 0 N–H and O–H groups in total. The first kappa shape index (κ1) is 14.3. The first-order chi connectivity index (χ1) is 12.2. The number of hydrogen-bond donors (Lipinski definition) is 0. The Morgan fingerprint density at radius 3 is 2.84 bits per heavy atom. The van der Waals surface area contributed by atoms with E-state index in [4.69, 9.17) is 18.6 Å². The van der Waals surface area contributed by atoms with E-state index in [2.05, 4.69) is 11.9 Å². The monoisotopic (exact) mass is 337 g/mol. The van der Waals surface area contributed by atoms with Crippen molar-refractivity contribution in [3.05, 3.63) is 53.1 Å². The molecule has 0 unspecified atom stereocenters. The Labute approximate surface area is 143 Å². The van der Waals surface area contributed by atoms with Gasteiger partial charge in [-0.1, -0.05) is 6.92 Å². The van der Waals surface area contributed by atoms with Gasteiger partial charge in [-0.25, -0.2) is 9.79 Å². The van der Waals surface area contributed by atoms with Crippen molar-refractivity contribution in [2.24, 2.45) is 10.9 Å². The fourth-order valence-electron chi connectivity index (χ4n) is 3.06. The maximum atomic E-state index is 12.1. The Morgan fingerprint density at radius 1 is 1.16 bits per heavy atom. The highest BCUT2D eigenvalue weighted by molar-refractivity contribution is 6.12. The van der Waals surface area contributed by atoms with Crippen LogP contribution in [0, 0.1) is 5.92 Å². The van der Waals surface area contributed by atoms with Crippen LogP contribution >= 0.6 is 0 Å². The number of hydrogen-bond acceptors (Lipinski definition) is 6. The van der Waals surface area contributed by atoms with Gasteiger partial charge in [-0.15, -0.1) is 0 Å². The molecule has 1 aliphatic carbocycles. The third-order valence-corrected chi connectivity index (χ3v) is 4.64. The summed E-state index contributed by atoms with van der Waals surface area (Å²) in [4.78, 5) is 16.4. The van der Waals surface area contributed by atoms with Crippen molar-refractivity contribution in [2.75, 3.05) is 6.79 Å². The summed E-state index contributed by atoms with van der Waals surface area (Å²) in [6, 6.07) is 9.11. The summed E-state index contributed by atoms with van der Waals surface area (Å²) in [6.45, 7) is 2.39. The second kappa shape index (κ2) is 5.24. The summed E-state index contributed by atoms with van der Waals surface area (Å²) in [7, 11) is 0. The first-order valence-corrected chi connectivity index (χ1v) is 8.20. The van der Waals surface area contributed by atoms with Gasteiger partial charge in [0, 0.05) is 17.6 Å². The minimum absolute atomic E-state index is 0.191. The molecule has 5 rings (SSSR count). The van der Waals surface area contributed by atoms with E-state index in [0.29, 0.717) is 34.7 Å². The van der Waals surface area contributed by atoms with Gasteiger partial charge in [0.1, 0.15) is 11.5 Å². The van der Waals surface area contributed by atoms with Gasteiger partial charge in [0.05, 0.1) is 0 Å². The van der Waals surface area contributed by atoms with Crippen LogP contribution in [0.3, 0.4) is 0 Å². The van der Waals surface area contributed by atoms with E-state index in [1.807, 2.05) is 12.1 Å². The summed E-state index contributed by atoms with van der Waals surface area (Å²) in [6.07, 6.45) is 2.76. The summed E-state index contributed by atoms with van der Waals surface area (Å²) in [5.74, 6) is 3.77. The van der Waals surface area contributed by atoms with Crippen LogP contribution in [-0.4, -0.2) is 18.7 Å². The van der Waals surface area contributed by atoms with Crippen LogP contribution in [0.25, 0.3) is 6.08 Å². The van der Waals surface area contributed by atoms with E-state index in [1.54, 1.807) is 24.3 Å². The lowest BCUT2D eigenvalue weighted by Crippen LogP contribution is -2.05. The van der Waals surface area contributed by atoms with Crippen molar-refractivity contribution >= 4 is 17.9 Å². The molecule has 1 saturated carbocycles. The quantitative estimate of drug-likeness (QED) is 0.633. The average Bonchev–Trinajstić information content (AvgIpc) is 3.03. The van der Waals surface area contributed by atoms with E-state index in [-0.39, 0.29) is 18.4 Å². The van der Waals surface area contributed by atoms with E-state index in [1.165, 1.54) is 0 Å². The number of benzene rings is 1. The molecule has 2 atom stereocenters. The van der Waals surface area contributed by atoms with Gasteiger partial charge in [-0.2, -0.15) is 0 Å². The number of aliphatic imine (C=N–C) groups is 1. The van der Waals surface area contributed by atoms with Crippen LogP contribution in [0.2, 0.25) is 0 Å². The van der Waals surface area contributed by atoms with Gasteiger partial charge in [0.2, 0.25) is 12.7 Å². The van der Waals surface area contributed by atoms with Crippen molar-refractivity contribution in [1.82, 2.24) is 0 Å². The molecule has 2 aromatic rings. The lowest BCUT2D eigenvalue weighted by molar-refractivity contribution is -0.129. The van der Waals surface area contributed by atoms with Crippen molar-refractivity contribution in [3.63, 3.8) is 0 Å². The average molecular weight is 337 g/mol. The molecule has 25 heavy (non-hydrogen) atoms. The highest BCUT2D eigenvalue weighted by Crippen LogP contribution is 2.47. The predicted molar refractivity (Wildman–Crippen MR) is 88.4 cm³/mol. The van der Waals surface area contributed by atoms with Crippen LogP contribution in [0.15, 0.2) is 45.4 Å². The molecular formula is C19H15NO5. The molecule has 3 aliphatic rings. The Kier molecular flexibility index (Phi) is 3.00. The molecule has 126 valence electrons. The van der Waals surface area contributed by atoms with Gasteiger partial charge >= 0.3 is 5.97 Å². The number of nitrogens with zero attached hydrogens (tertiary/aromatic N) is 1. The Bertz CT molecular complexity index is 939. The molecule has 0 radical (unpaired) electrons. The van der Waals surface area contributed by atoms with Gasteiger partial charge in [0.25, 0.3) is 0 Å². The second-order valence-corrected chi connectivity index (χ2v) is 6.46. The SMILES string of the molecule is C[C@@H]1C[C@H]1c1ccc(/C=C2\N=C(c3ccc4c(c3)OCO4)OC2=O)o1. The van der Waals surface area contributed by atoms with Crippen LogP contribution < -0.4 is 9.47 Å². The van der Waals surface area contributed by atoms with Gasteiger partial charge in [-0.3, -0.25) is 0 Å². The number of furan rings is 1. The lowest BCUT2D eigenvalue weighted by atomic mass is 10.2. The molecule has 1 aromatic heterocycles. The third kappa shape index (κ3) is 2.50. The number of ether oxygens (including phenoxy) is 3. The Morgan fingerprint density at radius 2 is 2.00 bits per heavy atom. The third-order valence-electron chi connectivity index (χ3n) is 4.64. The number of fused-ring (bicyclic) bond motifs is 1. The van der Waals surface area contributed by atoms with Gasteiger partial charge in [-0.05, 0) is 42.7 Å². The number of cyclic esters (lactones) is 1. The van der Waals surface area contributed by atoms with E-state index >= 15 is 0 Å². The zero-order valence-corrected chi connectivity index (χ0v) is 13.5. The normalized spacial score (nSPS) is 25.2. The summed E-state index contributed by atoms with van der Waals surface area (Å²) >= 11 is 0. The molecule has 0 bridgehead atoms. The molecule has 1 aromatic carbocycles. The Balaban J connectivity index is 1.42. The number of esters is 1. The van der Waals surface area contributed by atoms with Crippen molar-refractivity contribution < 1.29 is 23.4 Å². The molecular weight excluding hydrogens is 322 g/mol. The van der Waals surface area contributed by atoms with E-state index in [0.717, 1.165) is 12.2 Å². The molecule has 3 heterocycles. The summed E-state index contributed by atoms with van der Waals surface area (Å²) in [5.41, 5.74) is 0.880. The minimum atomic E-state index is -0.495. The van der Waals surface area contributed by atoms with E-state index < -0.39 is 5.97 Å². The second-order valence-electron chi connectivity index (χ2n) is 6.46. The van der Waals surface area contributed by atoms with Gasteiger partial charge in [0.15, 0.2) is 17.2 Å². The number of rotatable bonds is 3. The fourth-order valence-corrected chi connectivity index (χ4v) is 3.06. The first-order valence-electron chi connectivity index (χ1n) is 8.20. The maximum Gasteiger partial charge on any atom is 0.363 e. The summed E-state index contributed by atoms with van der Waals surface area (Å²) in [5, 5.41) is 0. The zero-order valence-electron chi connectivity index (χ0n) is 13.5. The van der Waals surface area contributed by atoms with Crippen molar-refractivity contribution in [2.45, 2.75) is 19.3 Å². The number of carbonyl (C=O) groups is 1. The smallest absolute Gasteiger partial charge is 0.363 e. The van der Waals surface area contributed by atoms with Crippen LogP contribution in [0.4, 0.5) is 0 Å². The highest BCUT2D eigenvalue weighted by Gasteiger charge is 2.36. The predicted octanol–water partition coefficient (Wildman–Crippen LogP) is 3.48. The zero-order chi connectivity index (χ0) is 17.0. The largest absolute Gasteiger partial charge is 0.461 e. The molecule has 0 amide bonds. The van der Waals surface area contributed by atoms with Crippen LogP contribution in [0.5, 0.6) is 11.5 Å². The summed E-state index contributed by atoms with van der Waals surface area (Å²) < 4.78 is 21.7. The maximum absolute atomic E-state index is 12.1. The topological polar surface area (TPSA) is 70.3 Å². The molecule has 1 fully saturated rings. The minimum Gasteiger partial charge on any atom is -0.461 e. The van der Waals surface area contributed by atoms with Crippen LogP contribution in [0.1, 0.15) is 36.3 Å². The number of carbonyl (C=O) groups excluding carboxylic acids is 1. The highest BCUT2D eigenvalue weighted by atomic mass is 16.7. The van der Waals surface area contributed by atoms with Crippen molar-refractivity contribution in [1.29, 1.82) is 0 Å². The molecule has 2 aliphatic heterocycles. The van der Waals surface area contributed by atoms with E-state index in [9.17, 15) is 4.79 Å². The standard InChI is InChI=1S/C19H15NO5/c1-10-6-13(10)15-5-3-12(24-15)8-14-19(21)25-18(20-14)11-2-4-16-17(7-11)23-9-22-16/h2-5,7-8,10,13H,6,9H2,1H3/b14-8-/t10-,13-/m1/s1. The van der Waals surface area contributed by atoms with Crippen LogP contribution in [-0.2, 0) is 9.53 Å². The molecule has 6 heteroatoms. The lowest BCUT2D eigenvalue weighted by Gasteiger charge is -2.01. The molecule has 6 nitrogen and oxygen atoms in total. The molecule has 0 spiro atoms. The van der Waals surface area contributed by atoms with Crippen molar-refractivity contribution in [3.8, 4) is 11.5 Å². The van der Waals surface area contributed by atoms with Gasteiger partial charge < -0.3 is 18.6 Å². The molecule has 0 saturated heterocycles. The fraction of sp³-hybridized carbons (Fsp3) is 0.263.